The molecule has 2 N–H and O–H groups in total. The first kappa shape index (κ1) is 25.2. The summed E-state index contributed by atoms with van der Waals surface area (Å²) in [5.74, 6) is 2.96. The third-order valence-electron chi connectivity index (χ3n) is 9.13. The van der Waals surface area contributed by atoms with Crippen LogP contribution in [0.15, 0.2) is 24.4 Å². The van der Waals surface area contributed by atoms with E-state index >= 15 is 0 Å². The van der Waals surface area contributed by atoms with Crippen LogP contribution in [0.25, 0.3) is 0 Å². The van der Waals surface area contributed by atoms with Gasteiger partial charge in [0.15, 0.2) is 0 Å². The predicted molar refractivity (Wildman–Crippen MR) is 134 cm³/mol. The van der Waals surface area contributed by atoms with Gasteiger partial charge in [-0.1, -0.05) is 17.7 Å². The highest BCUT2D eigenvalue weighted by atomic mass is 35.5. The molecule has 5 fully saturated rings. The number of hydrogen-bond donors (Lipinski definition) is 2. The van der Waals surface area contributed by atoms with Gasteiger partial charge in [-0.3, -0.25) is 4.90 Å². The molecule has 0 amide bonds. The van der Waals surface area contributed by atoms with E-state index in [9.17, 15) is 18.3 Å². The van der Waals surface area contributed by atoms with Crippen LogP contribution in [-0.2, 0) is 6.18 Å². The van der Waals surface area contributed by atoms with E-state index in [0.29, 0.717) is 41.4 Å². The average molecular weight is 537 g/mol. The summed E-state index contributed by atoms with van der Waals surface area (Å²) < 4.78 is 44.4. The van der Waals surface area contributed by atoms with Crippen LogP contribution in [0.1, 0.15) is 62.0 Å². The largest absolute Gasteiger partial charge is 0.495 e. The van der Waals surface area contributed by atoms with E-state index in [2.05, 4.69) is 20.2 Å². The molecule has 1 saturated heterocycles. The van der Waals surface area contributed by atoms with Crippen molar-refractivity contribution < 1.29 is 23.0 Å². The maximum absolute atomic E-state index is 13.0. The van der Waals surface area contributed by atoms with Gasteiger partial charge in [-0.25, -0.2) is 9.97 Å². The number of aromatic nitrogens is 2. The minimum absolute atomic E-state index is 0.0299. The standard InChI is InChI=1S/C27H32ClF3N4O2/c1-37-22-10-17(2-3-21(22)33-25-32-14-20(24(28)34-25)27(29,30)31)16-4-6-35(7-5-16)23-18-8-15-9-19(23)13-26(36,11-15)12-18/h2-3,10,14-16,18-19,23,36H,4-9,11-13H2,1H3,(H,32,33,34). The van der Waals surface area contributed by atoms with E-state index in [0.717, 1.165) is 51.1 Å². The molecular formula is C27H32ClF3N4O2. The first-order valence-electron chi connectivity index (χ1n) is 13.1. The van der Waals surface area contributed by atoms with Crippen molar-refractivity contribution in [2.75, 3.05) is 25.5 Å². The molecule has 6 nitrogen and oxygen atoms in total. The van der Waals surface area contributed by atoms with Crippen molar-refractivity contribution in [2.45, 2.75) is 68.7 Å². The van der Waals surface area contributed by atoms with Crippen molar-refractivity contribution in [1.29, 1.82) is 0 Å². The molecule has 2 atom stereocenters. The number of nitrogens with one attached hydrogen (secondary N) is 1. The fraction of sp³-hybridized carbons (Fsp3) is 0.630. The number of benzene rings is 1. The predicted octanol–water partition coefficient (Wildman–Crippen LogP) is 6.02. The number of aliphatic hydroxyl groups is 1. The van der Waals surface area contributed by atoms with Gasteiger partial charge >= 0.3 is 6.18 Å². The minimum Gasteiger partial charge on any atom is -0.495 e. The molecule has 4 saturated carbocycles. The lowest BCUT2D eigenvalue weighted by atomic mass is 9.52. The van der Waals surface area contributed by atoms with E-state index in [-0.39, 0.29) is 5.95 Å². The SMILES string of the molecule is COc1cc(C2CCN(C3C4CC5CC3CC(O)(C5)C4)CC2)ccc1Nc1ncc(C(F)(F)F)c(Cl)n1. The number of nitrogens with zero attached hydrogens (tertiary/aromatic N) is 3. The second kappa shape index (κ2) is 9.27. The number of piperidine rings is 1. The molecule has 4 aliphatic carbocycles. The fourth-order valence-corrected chi connectivity index (χ4v) is 8.11. The summed E-state index contributed by atoms with van der Waals surface area (Å²) in [6, 6.07) is 6.50. The fourth-order valence-electron chi connectivity index (χ4n) is 7.88. The molecule has 0 spiro atoms. The number of rotatable bonds is 5. The van der Waals surface area contributed by atoms with Crippen LogP contribution in [0.2, 0.25) is 5.15 Å². The van der Waals surface area contributed by atoms with Crippen LogP contribution in [0, 0.1) is 17.8 Å². The van der Waals surface area contributed by atoms with Crippen molar-refractivity contribution in [3.63, 3.8) is 0 Å². The molecule has 5 aliphatic rings. The number of hydrogen-bond acceptors (Lipinski definition) is 6. The summed E-state index contributed by atoms with van der Waals surface area (Å²) in [6.45, 7) is 2.12. The van der Waals surface area contributed by atoms with Crippen LogP contribution in [0.4, 0.5) is 24.8 Å². The van der Waals surface area contributed by atoms with Gasteiger partial charge in [0.2, 0.25) is 5.95 Å². The number of halogens is 4. The molecular weight excluding hydrogens is 505 g/mol. The monoisotopic (exact) mass is 536 g/mol. The van der Waals surface area contributed by atoms with Crippen molar-refractivity contribution >= 4 is 23.2 Å². The molecule has 2 unspecified atom stereocenters. The first-order valence-corrected chi connectivity index (χ1v) is 13.5. The van der Waals surface area contributed by atoms with Gasteiger partial charge in [0.1, 0.15) is 16.5 Å². The van der Waals surface area contributed by atoms with Gasteiger partial charge in [0, 0.05) is 12.2 Å². The van der Waals surface area contributed by atoms with E-state index in [4.69, 9.17) is 16.3 Å². The van der Waals surface area contributed by atoms with Crippen molar-refractivity contribution in [1.82, 2.24) is 14.9 Å². The average Bonchev–Trinajstić information content (AvgIpc) is 2.83. The Morgan fingerprint density at radius 1 is 1.14 bits per heavy atom. The number of alkyl halides is 3. The molecule has 1 aromatic heterocycles. The lowest BCUT2D eigenvalue weighted by Crippen LogP contribution is -2.62. The normalized spacial score (nSPS) is 32.1. The second-order valence-corrected chi connectivity index (χ2v) is 11.8. The Morgan fingerprint density at radius 2 is 1.84 bits per heavy atom. The van der Waals surface area contributed by atoms with Crippen LogP contribution in [0.5, 0.6) is 5.75 Å². The van der Waals surface area contributed by atoms with Gasteiger partial charge in [0.25, 0.3) is 0 Å². The van der Waals surface area contributed by atoms with Gasteiger partial charge in [-0.15, -0.1) is 0 Å². The quantitative estimate of drug-likeness (QED) is 0.455. The lowest BCUT2D eigenvalue weighted by molar-refractivity contribution is -0.162. The number of ether oxygens (including phenoxy) is 1. The minimum atomic E-state index is -4.61. The highest BCUT2D eigenvalue weighted by molar-refractivity contribution is 6.30. The molecule has 1 aliphatic heterocycles. The Kier molecular flexibility index (Phi) is 6.31. The summed E-state index contributed by atoms with van der Waals surface area (Å²) in [5, 5.41) is 13.2. The Balaban J connectivity index is 1.11. The zero-order valence-electron chi connectivity index (χ0n) is 20.8. The maximum atomic E-state index is 13.0. The smallest absolute Gasteiger partial charge is 0.420 e. The molecule has 2 aromatic rings. The van der Waals surface area contributed by atoms with E-state index in [1.54, 1.807) is 7.11 Å². The molecule has 10 heteroatoms. The summed E-state index contributed by atoms with van der Waals surface area (Å²) in [4.78, 5) is 10.2. The number of likely N-dealkylation sites (tertiary alicyclic amines) is 1. The van der Waals surface area contributed by atoms with Crippen LogP contribution < -0.4 is 10.1 Å². The summed E-state index contributed by atoms with van der Waals surface area (Å²) >= 11 is 5.74. The zero-order valence-corrected chi connectivity index (χ0v) is 21.5. The van der Waals surface area contributed by atoms with Crippen LogP contribution in [-0.4, -0.2) is 51.8 Å². The summed E-state index contributed by atoms with van der Waals surface area (Å²) in [7, 11) is 1.56. The van der Waals surface area contributed by atoms with Crippen LogP contribution in [0.3, 0.4) is 0 Å². The Morgan fingerprint density at radius 3 is 2.43 bits per heavy atom. The lowest BCUT2D eigenvalue weighted by Gasteiger charge is -2.61. The second-order valence-electron chi connectivity index (χ2n) is 11.5. The van der Waals surface area contributed by atoms with Crippen LogP contribution >= 0.6 is 11.6 Å². The highest BCUT2D eigenvalue weighted by Crippen LogP contribution is 2.57. The molecule has 1 aromatic carbocycles. The van der Waals surface area contributed by atoms with Gasteiger partial charge < -0.3 is 15.2 Å². The Labute approximate surface area is 219 Å². The van der Waals surface area contributed by atoms with Crippen molar-refractivity contribution in [2.24, 2.45) is 17.8 Å². The molecule has 37 heavy (non-hydrogen) atoms. The van der Waals surface area contributed by atoms with E-state index in [1.807, 2.05) is 18.2 Å². The van der Waals surface area contributed by atoms with Crippen molar-refractivity contribution in [3.8, 4) is 5.75 Å². The van der Waals surface area contributed by atoms with E-state index in [1.165, 1.54) is 18.4 Å². The van der Waals surface area contributed by atoms with Gasteiger partial charge in [0.05, 0.1) is 18.4 Å². The van der Waals surface area contributed by atoms with E-state index < -0.39 is 22.5 Å². The van der Waals surface area contributed by atoms with Gasteiger partial charge in [-0.05, 0) is 99.4 Å². The van der Waals surface area contributed by atoms with Crippen molar-refractivity contribution in [3.05, 3.63) is 40.7 Å². The zero-order chi connectivity index (χ0) is 25.9. The molecule has 2 heterocycles. The summed E-state index contributed by atoms with van der Waals surface area (Å²) in [5.41, 5.74) is 0.283. The maximum Gasteiger partial charge on any atom is 0.420 e. The summed E-state index contributed by atoms with van der Waals surface area (Å²) in [6.07, 6.45) is 3.73. The number of anilines is 2. The Bertz CT molecular complexity index is 1150. The molecule has 200 valence electrons. The van der Waals surface area contributed by atoms with Gasteiger partial charge in [-0.2, -0.15) is 13.2 Å². The molecule has 0 radical (unpaired) electrons. The topological polar surface area (TPSA) is 70.5 Å². The highest BCUT2D eigenvalue weighted by Gasteiger charge is 2.56. The third-order valence-corrected chi connectivity index (χ3v) is 9.42. The molecule has 7 rings (SSSR count). The Hall–Kier alpha value is -2.10. The third kappa shape index (κ3) is 4.79. The number of methoxy groups -OCH3 is 1. The first-order chi connectivity index (χ1) is 17.6. The molecule has 4 bridgehead atoms.